The van der Waals surface area contributed by atoms with Crippen molar-refractivity contribution in [2.45, 2.75) is 34.1 Å². The molecule has 1 aliphatic heterocycles. The van der Waals surface area contributed by atoms with Gasteiger partial charge in [-0.25, -0.2) is 0 Å². The zero-order valence-electron chi connectivity index (χ0n) is 20.0. The number of hydrogen-bond donors (Lipinski definition) is 0. The third-order valence-electron chi connectivity index (χ3n) is 4.86. The molecule has 0 radical (unpaired) electrons. The van der Waals surface area contributed by atoms with Gasteiger partial charge in [0.15, 0.2) is 11.5 Å². The van der Waals surface area contributed by atoms with Crippen LogP contribution in [0.4, 0.5) is 0 Å². The summed E-state index contributed by atoms with van der Waals surface area (Å²) in [6, 6.07) is 7.22. The highest BCUT2D eigenvalue weighted by molar-refractivity contribution is 6.19. The molecule has 2 amide bonds. The van der Waals surface area contributed by atoms with Crippen LogP contribution in [-0.2, 0) is 23.9 Å². The molecule has 1 heterocycles. The van der Waals surface area contributed by atoms with Crippen molar-refractivity contribution < 1.29 is 33.3 Å². The third kappa shape index (κ3) is 6.93. The molecule has 1 aromatic rings. The van der Waals surface area contributed by atoms with Gasteiger partial charge < -0.3 is 18.9 Å². The monoisotopic (exact) mass is 470 g/mol. The molecule has 0 aliphatic carbocycles. The van der Waals surface area contributed by atoms with Gasteiger partial charge >= 0.3 is 5.97 Å². The fourth-order valence-electron chi connectivity index (χ4n) is 3.22. The van der Waals surface area contributed by atoms with Gasteiger partial charge in [-0.15, -0.1) is 0 Å². The molecule has 9 nitrogen and oxygen atoms in total. The van der Waals surface area contributed by atoms with E-state index in [1.54, 1.807) is 31.2 Å². The number of hydrogen-bond acceptors (Lipinski definition) is 8. The van der Waals surface area contributed by atoms with E-state index in [9.17, 15) is 19.6 Å². The number of ether oxygens (including phenoxy) is 4. The number of carbonyl (C=O) groups excluding carboxylic acids is 3. The van der Waals surface area contributed by atoms with Crippen molar-refractivity contribution in [3.05, 3.63) is 40.5 Å². The maximum Gasteiger partial charge on any atom is 0.302 e. The van der Waals surface area contributed by atoms with Crippen molar-refractivity contribution in [2.24, 2.45) is 0 Å². The first kappa shape index (κ1) is 26.6. The Labute approximate surface area is 199 Å². The minimum atomic E-state index is -0.663. The lowest BCUT2D eigenvalue weighted by Crippen LogP contribution is -2.44. The van der Waals surface area contributed by atoms with E-state index in [0.29, 0.717) is 35.8 Å². The van der Waals surface area contributed by atoms with E-state index in [0.717, 1.165) is 11.3 Å². The average Bonchev–Trinajstić information content (AvgIpc) is 2.80. The largest absolute Gasteiger partial charge is 0.490 e. The van der Waals surface area contributed by atoms with Gasteiger partial charge in [0.25, 0.3) is 11.8 Å². The van der Waals surface area contributed by atoms with Crippen molar-refractivity contribution in [3.63, 3.8) is 0 Å². The second-order valence-electron chi connectivity index (χ2n) is 7.37. The predicted molar refractivity (Wildman–Crippen MR) is 124 cm³/mol. The molecule has 0 N–H and O–H groups in total. The zero-order chi connectivity index (χ0) is 25.1. The molecule has 0 saturated heterocycles. The molecule has 2 rings (SSSR count). The van der Waals surface area contributed by atoms with Crippen LogP contribution >= 0.6 is 0 Å². The Balaban J connectivity index is 2.27. The third-order valence-corrected chi connectivity index (χ3v) is 4.86. The Morgan fingerprint density at radius 3 is 2.47 bits per heavy atom. The van der Waals surface area contributed by atoms with Crippen LogP contribution in [0.15, 0.2) is 34.9 Å². The minimum absolute atomic E-state index is 0.0401. The van der Waals surface area contributed by atoms with Gasteiger partial charge in [-0.3, -0.25) is 19.3 Å². The van der Waals surface area contributed by atoms with E-state index in [4.69, 9.17) is 18.9 Å². The highest BCUT2D eigenvalue weighted by atomic mass is 16.6. The molecule has 9 heteroatoms. The number of esters is 1. The lowest BCUT2D eigenvalue weighted by atomic mass is 9.93. The highest BCUT2D eigenvalue weighted by Crippen LogP contribution is 2.32. The van der Waals surface area contributed by atoms with Crippen LogP contribution in [0.25, 0.3) is 6.08 Å². The first-order valence-corrected chi connectivity index (χ1v) is 11.1. The van der Waals surface area contributed by atoms with E-state index in [2.05, 4.69) is 0 Å². The Hall–Kier alpha value is -3.64. The van der Waals surface area contributed by atoms with Crippen molar-refractivity contribution in [1.82, 2.24) is 4.90 Å². The van der Waals surface area contributed by atoms with Gasteiger partial charge in [0.05, 0.1) is 33.0 Å². The summed E-state index contributed by atoms with van der Waals surface area (Å²) in [5.41, 5.74) is 1.12. The van der Waals surface area contributed by atoms with Gasteiger partial charge in [0, 0.05) is 12.5 Å². The van der Waals surface area contributed by atoms with Gasteiger partial charge in [-0.1, -0.05) is 13.0 Å². The van der Waals surface area contributed by atoms with Crippen LogP contribution in [-0.4, -0.2) is 62.3 Å². The summed E-state index contributed by atoms with van der Waals surface area (Å²) in [7, 11) is 0. The van der Waals surface area contributed by atoms with Crippen LogP contribution in [0.2, 0.25) is 0 Å². The van der Waals surface area contributed by atoms with E-state index in [-0.39, 0.29) is 37.5 Å². The lowest BCUT2D eigenvalue weighted by molar-refractivity contribution is -0.142. The molecule has 0 saturated carbocycles. The minimum Gasteiger partial charge on any atom is -0.490 e. The van der Waals surface area contributed by atoms with Gasteiger partial charge in [0.2, 0.25) is 0 Å². The number of nitriles is 1. The zero-order valence-corrected chi connectivity index (χ0v) is 20.0. The normalized spacial score (nSPS) is 14.9. The van der Waals surface area contributed by atoms with E-state index in [1.807, 2.05) is 19.9 Å². The summed E-state index contributed by atoms with van der Waals surface area (Å²) in [5, 5.41) is 9.54. The fourth-order valence-corrected chi connectivity index (χ4v) is 3.22. The summed E-state index contributed by atoms with van der Waals surface area (Å²) in [5.74, 6) is -0.451. The summed E-state index contributed by atoms with van der Waals surface area (Å²) >= 11 is 0. The molecular weight excluding hydrogens is 440 g/mol. The number of carbonyl (C=O) groups is 3. The molecule has 1 aliphatic rings. The summed E-state index contributed by atoms with van der Waals surface area (Å²) in [6.45, 7) is 7.94. The van der Waals surface area contributed by atoms with Gasteiger partial charge in [-0.05, 0) is 49.6 Å². The highest BCUT2D eigenvalue weighted by Gasteiger charge is 2.35. The first-order chi connectivity index (χ1) is 16.3. The summed E-state index contributed by atoms with van der Waals surface area (Å²) < 4.78 is 21.5. The molecule has 0 bridgehead atoms. The van der Waals surface area contributed by atoms with Crippen LogP contribution in [0, 0.1) is 11.3 Å². The molecule has 0 spiro atoms. The first-order valence-electron chi connectivity index (χ1n) is 11.1. The van der Waals surface area contributed by atoms with Gasteiger partial charge in [0.1, 0.15) is 18.2 Å². The number of imide groups is 1. The second-order valence-corrected chi connectivity index (χ2v) is 7.37. The molecule has 1 aromatic carbocycles. The molecule has 0 unspecified atom stereocenters. The Kier molecular flexibility index (Phi) is 10.3. The Bertz CT molecular complexity index is 1020. The van der Waals surface area contributed by atoms with Crippen molar-refractivity contribution in [2.75, 3.05) is 39.6 Å². The molecular formula is C25H30N2O7. The number of nitrogens with zero attached hydrogens (tertiary/aromatic N) is 2. The van der Waals surface area contributed by atoms with E-state index in [1.165, 1.54) is 6.92 Å². The smallest absolute Gasteiger partial charge is 0.302 e. The molecule has 0 fully saturated rings. The summed E-state index contributed by atoms with van der Waals surface area (Å²) in [4.78, 5) is 37.6. The molecule has 182 valence electrons. The standard InChI is InChI=1S/C25H30N2O7/c1-5-10-34-22-8-7-19(15-23(22)32-6-2)14-20-17(3)21(16-26)25(30)27(24(20)29)9-11-31-12-13-33-18(4)28/h7-8,14-15H,5-6,9-13H2,1-4H3/b20-14+. The molecule has 34 heavy (non-hydrogen) atoms. The topological polar surface area (TPSA) is 115 Å². The summed E-state index contributed by atoms with van der Waals surface area (Å²) in [6.07, 6.45) is 2.48. The molecule has 0 aromatic heterocycles. The SMILES string of the molecule is CCCOc1ccc(/C=C2/C(=O)N(CCOCCOC(C)=O)C(=O)C(C#N)=C2C)cc1OCC. The number of rotatable bonds is 12. The van der Waals surface area contributed by atoms with Crippen LogP contribution in [0.5, 0.6) is 11.5 Å². The van der Waals surface area contributed by atoms with Crippen molar-refractivity contribution >= 4 is 23.9 Å². The predicted octanol–water partition coefficient (Wildman–Crippen LogP) is 3.05. The van der Waals surface area contributed by atoms with Crippen molar-refractivity contribution in [3.8, 4) is 17.6 Å². The number of amides is 2. The Morgan fingerprint density at radius 1 is 1.06 bits per heavy atom. The maximum atomic E-state index is 13.2. The van der Waals surface area contributed by atoms with Crippen molar-refractivity contribution in [1.29, 1.82) is 5.26 Å². The van der Waals surface area contributed by atoms with Crippen LogP contribution < -0.4 is 9.47 Å². The number of benzene rings is 1. The van der Waals surface area contributed by atoms with Crippen LogP contribution in [0.1, 0.15) is 39.7 Å². The second kappa shape index (κ2) is 13.2. The van der Waals surface area contributed by atoms with Crippen LogP contribution in [0.3, 0.4) is 0 Å². The lowest BCUT2D eigenvalue weighted by Gasteiger charge is -2.27. The Morgan fingerprint density at radius 2 is 1.82 bits per heavy atom. The maximum absolute atomic E-state index is 13.2. The molecule has 0 atom stereocenters. The quantitative estimate of drug-likeness (QED) is 0.198. The van der Waals surface area contributed by atoms with E-state index >= 15 is 0 Å². The fraction of sp³-hybridized carbons (Fsp3) is 0.440. The average molecular weight is 471 g/mol. The van der Waals surface area contributed by atoms with E-state index < -0.39 is 17.8 Å². The van der Waals surface area contributed by atoms with Gasteiger partial charge in [-0.2, -0.15) is 5.26 Å².